The van der Waals surface area contributed by atoms with Gasteiger partial charge < -0.3 is 20.3 Å². The maximum Gasteiger partial charge on any atom is 0.119 e. The highest BCUT2D eigenvalue weighted by atomic mass is 16.5. The van der Waals surface area contributed by atoms with Crippen molar-refractivity contribution in [3.8, 4) is 11.5 Å². The van der Waals surface area contributed by atoms with Crippen LogP contribution < -0.4 is 5.32 Å². The number of ether oxygens (including phenoxy) is 1. The summed E-state index contributed by atoms with van der Waals surface area (Å²) < 4.78 is 5.12. The Bertz CT molecular complexity index is 321. The molecular formula is C12H19NO3. The monoisotopic (exact) mass is 225 g/mol. The van der Waals surface area contributed by atoms with E-state index in [1.54, 1.807) is 19.2 Å². The Morgan fingerprint density at radius 3 is 2.25 bits per heavy atom. The van der Waals surface area contributed by atoms with Gasteiger partial charge in [0.2, 0.25) is 0 Å². The van der Waals surface area contributed by atoms with E-state index >= 15 is 0 Å². The first-order valence-electron chi connectivity index (χ1n) is 5.32. The average Bonchev–Trinajstić information content (AvgIpc) is 2.23. The third-order valence-corrected chi connectivity index (χ3v) is 2.54. The van der Waals surface area contributed by atoms with Gasteiger partial charge in [0.25, 0.3) is 0 Å². The van der Waals surface area contributed by atoms with Gasteiger partial charge in [-0.15, -0.1) is 0 Å². The predicted octanol–water partition coefficient (Wildman–Crippen LogP) is 1.78. The number of phenolic OH excluding ortho intramolecular Hbond substituents is 2. The summed E-state index contributed by atoms with van der Waals surface area (Å²) in [5.74, 6) is 0.145. The molecule has 4 heteroatoms. The second kappa shape index (κ2) is 5.72. The van der Waals surface area contributed by atoms with E-state index in [1.165, 1.54) is 6.07 Å². The molecule has 2 atom stereocenters. The second-order valence-corrected chi connectivity index (χ2v) is 3.96. The van der Waals surface area contributed by atoms with E-state index in [9.17, 15) is 10.2 Å². The molecule has 2 unspecified atom stereocenters. The van der Waals surface area contributed by atoms with Crippen molar-refractivity contribution < 1.29 is 14.9 Å². The zero-order valence-corrected chi connectivity index (χ0v) is 9.90. The van der Waals surface area contributed by atoms with Crippen molar-refractivity contribution in [2.24, 2.45) is 0 Å². The Morgan fingerprint density at radius 1 is 1.19 bits per heavy atom. The van der Waals surface area contributed by atoms with E-state index in [1.807, 2.05) is 13.8 Å². The second-order valence-electron chi connectivity index (χ2n) is 3.96. The third-order valence-electron chi connectivity index (χ3n) is 2.54. The Labute approximate surface area is 95.9 Å². The summed E-state index contributed by atoms with van der Waals surface area (Å²) in [7, 11) is 1.66. The molecule has 90 valence electrons. The van der Waals surface area contributed by atoms with E-state index in [0.717, 1.165) is 5.56 Å². The molecule has 0 fully saturated rings. The summed E-state index contributed by atoms with van der Waals surface area (Å²) in [6.07, 6.45) is 0.133. The lowest BCUT2D eigenvalue weighted by Crippen LogP contribution is -2.28. The molecule has 0 heterocycles. The number of benzene rings is 1. The molecule has 0 spiro atoms. The molecule has 1 aromatic rings. The fraction of sp³-hybridized carbons (Fsp3) is 0.500. The van der Waals surface area contributed by atoms with Gasteiger partial charge in [-0.25, -0.2) is 0 Å². The first-order valence-corrected chi connectivity index (χ1v) is 5.32. The first kappa shape index (κ1) is 12.8. The molecule has 0 amide bonds. The van der Waals surface area contributed by atoms with Crippen LogP contribution in [0, 0.1) is 0 Å². The van der Waals surface area contributed by atoms with Crippen LogP contribution in [-0.4, -0.2) is 30.0 Å². The van der Waals surface area contributed by atoms with Gasteiger partial charge in [-0.2, -0.15) is 0 Å². The van der Waals surface area contributed by atoms with E-state index < -0.39 is 0 Å². The van der Waals surface area contributed by atoms with Crippen LogP contribution in [0.1, 0.15) is 25.5 Å². The van der Waals surface area contributed by atoms with E-state index in [2.05, 4.69) is 5.32 Å². The maximum atomic E-state index is 9.35. The summed E-state index contributed by atoms with van der Waals surface area (Å²) in [6.45, 7) is 4.66. The number of methoxy groups -OCH3 is 1. The van der Waals surface area contributed by atoms with E-state index in [-0.39, 0.29) is 23.6 Å². The van der Waals surface area contributed by atoms with Crippen molar-refractivity contribution in [1.29, 1.82) is 0 Å². The Morgan fingerprint density at radius 2 is 1.75 bits per heavy atom. The quantitative estimate of drug-likeness (QED) is 0.715. The highest BCUT2D eigenvalue weighted by Gasteiger charge is 2.09. The number of nitrogens with one attached hydrogen (secondary N) is 1. The smallest absolute Gasteiger partial charge is 0.119 e. The summed E-state index contributed by atoms with van der Waals surface area (Å²) >= 11 is 0. The zero-order valence-electron chi connectivity index (χ0n) is 9.90. The van der Waals surface area contributed by atoms with Crippen LogP contribution in [0.4, 0.5) is 0 Å². The molecule has 0 radical (unpaired) electrons. The lowest BCUT2D eigenvalue weighted by Gasteiger charge is -2.17. The topological polar surface area (TPSA) is 61.7 Å². The molecular weight excluding hydrogens is 206 g/mol. The van der Waals surface area contributed by atoms with E-state index in [4.69, 9.17) is 4.74 Å². The molecule has 16 heavy (non-hydrogen) atoms. The molecule has 1 aromatic carbocycles. The van der Waals surface area contributed by atoms with Crippen molar-refractivity contribution in [3.63, 3.8) is 0 Å². The first-order chi connectivity index (χ1) is 7.52. The largest absolute Gasteiger partial charge is 0.508 e. The summed E-state index contributed by atoms with van der Waals surface area (Å²) in [6, 6.07) is 4.63. The van der Waals surface area contributed by atoms with Crippen LogP contribution in [0.2, 0.25) is 0 Å². The zero-order chi connectivity index (χ0) is 12.1. The van der Waals surface area contributed by atoms with Crippen LogP contribution in [0.5, 0.6) is 11.5 Å². The van der Waals surface area contributed by atoms with Crippen molar-refractivity contribution in [3.05, 3.63) is 23.8 Å². The van der Waals surface area contributed by atoms with Gasteiger partial charge in [0.1, 0.15) is 11.5 Å². The molecule has 3 N–H and O–H groups in total. The summed E-state index contributed by atoms with van der Waals surface area (Å²) in [5, 5.41) is 22.0. The maximum absolute atomic E-state index is 9.35. The standard InChI is InChI=1S/C12H19NO3/c1-8(16-3)7-13-9(2)10-4-11(14)6-12(15)5-10/h4-6,8-9,13-15H,7H2,1-3H3. The molecule has 0 aromatic heterocycles. The lowest BCUT2D eigenvalue weighted by molar-refractivity contribution is 0.115. The molecule has 0 bridgehead atoms. The lowest BCUT2D eigenvalue weighted by atomic mass is 10.1. The van der Waals surface area contributed by atoms with Crippen LogP contribution in [0.25, 0.3) is 0 Å². The van der Waals surface area contributed by atoms with Gasteiger partial charge in [-0.05, 0) is 31.5 Å². The fourth-order valence-electron chi connectivity index (χ4n) is 1.41. The molecule has 0 aliphatic carbocycles. The van der Waals surface area contributed by atoms with Gasteiger partial charge in [0.15, 0.2) is 0 Å². The Balaban J connectivity index is 2.62. The predicted molar refractivity (Wildman–Crippen MR) is 62.7 cm³/mol. The van der Waals surface area contributed by atoms with Crippen molar-refractivity contribution in [2.45, 2.75) is 26.0 Å². The minimum atomic E-state index is 0.0515. The van der Waals surface area contributed by atoms with Crippen molar-refractivity contribution in [1.82, 2.24) is 5.32 Å². The number of aromatic hydroxyl groups is 2. The number of phenols is 2. The molecule has 1 rings (SSSR count). The van der Waals surface area contributed by atoms with Crippen LogP contribution in [-0.2, 0) is 4.74 Å². The average molecular weight is 225 g/mol. The molecule has 0 saturated heterocycles. The minimum Gasteiger partial charge on any atom is -0.508 e. The molecule has 0 saturated carbocycles. The Hall–Kier alpha value is -1.26. The van der Waals surface area contributed by atoms with Crippen LogP contribution >= 0.6 is 0 Å². The highest BCUT2D eigenvalue weighted by Crippen LogP contribution is 2.24. The van der Waals surface area contributed by atoms with Gasteiger partial charge in [-0.1, -0.05) is 0 Å². The van der Waals surface area contributed by atoms with Crippen LogP contribution in [0.3, 0.4) is 0 Å². The van der Waals surface area contributed by atoms with Crippen LogP contribution in [0.15, 0.2) is 18.2 Å². The van der Waals surface area contributed by atoms with E-state index in [0.29, 0.717) is 6.54 Å². The summed E-state index contributed by atoms with van der Waals surface area (Å²) in [5.41, 5.74) is 0.848. The number of rotatable bonds is 5. The van der Waals surface area contributed by atoms with Gasteiger partial charge in [-0.3, -0.25) is 0 Å². The normalized spacial score (nSPS) is 14.7. The Kier molecular flexibility index (Phi) is 4.58. The number of hydrogen-bond acceptors (Lipinski definition) is 4. The molecule has 0 aliphatic rings. The minimum absolute atomic E-state index is 0.0515. The van der Waals surface area contributed by atoms with Gasteiger partial charge in [0, 0.05) is 25.8 Å². The fourth-order valence-corrected chi connectivity index (χ4v) is 1.41. The van der Waals surface area contributed by atoms with Gasteiger partial charge >= 0.3 is 0 Å². The van der Waals surface area contributed by atoms with Gasteiger partial charge in [0.05, 0.1) is 6.10 Å². The van der Waals surface area contributed by atoms with Crippen molar-refractivity contribution in [2.75, 3.05) is 13.7 Å². The highest BCUT2D eigenvalue weighted by molar-refractivity contribution is 5.37. The third kappa shape index (κ3) is 3.72. The SMILES string of the molecule is COC(C)CNC(C)c1cc(O)cc(O)c1. The van der Waals surface area contributed by atoms with Crippen molar-refractivity contribution >= 4 is 0 Å². The summed E-state index contributed by atoms with van der Waals surface area (Å²) in [4.78, 5) is 0. The molecule has 0 aliphatic heterocycles. The molecule has 4 nitrogen and oxygen atoms in total. The number of hydrogen-bond donors (Lipinski definition) is 3.